The molecule has 4 rings (SSSR count). The summed E-state index contributed by atoms with van der Waals surface area (Å²) >= 11 is 0. The van der Waals surface area contributed by atoms with Crippen molar-refractivity contribution in [1.82, 2.24) is 19.9 Å². The van der Waals surface area contributed by atoms with Crippen molar-refractivity contribution in [3.63, 3.8) is 0 Å². The number of aliphatic imine (C=N–C) groups is 1. The van der Waals surface area contributed by atoms with Crippen LogP contribution in [0.4, 0.5) is 20.4 Å². The molecule has 1 fully saturated rings. The molecule has 0 radical (unpaired) electrons. The van der Waals surface area contributed by atoms with E-state index in [0.717, 1.165) is 6.20 Å². The van der Waals surface area contributed by atoms with Crippen LogP contribution in [0.5, 0.6) is 0 Å². The summed E-state index contributed by atoms with van der Waals surface area (Å²) in [5.74, 6) is -0.264. The van der Waals surface area contributed by atoms with Crippen LogP contribution in [-0.4, -0.2) is 51.5 Å². The Morgan fingerprint density at radius 3 is 3.07 bits per heavy atom. The smallest absolute Gasteiger partial charge is 0.258 e. The minimum Gasteiger partial charge on any atom is -0.381 e. The van der Waals surface area contributed by atoms with E-state index in [1.807, 2.05) is 0 Å². The van der Waals surface area contributed by atoms with Gasteiger partial charge in [0.05, 0.1) is 18.8 Å². The lowest BCUT2D eigenvalue weighted by Gasteiger charge is -2.27. The summed E-state index contributed by atoms with van der Waals surface area (Å²) in [7, 11) is 0. The minimum absolute atomic E-state index is 0.0728. The van der Waals surface area contributed by atoms with Gasteiger partial charge in [0.1, 0.15) is 23.4 Å². The van der Waals surface area contributed by atoms with Gasteiger partial charge in [0.25, 0.3) is 5.91 Å². The van der Waals surface area contributed by atoms with Crippen LogP contribution in [0.3, 0.4) is 0 Å². The number of alkyl halides is 1. The summed E-state index contributed by atoms with van der Waals surface area (Å²) < 4.78 is 29.2. The molecular formula is C20H23F2N7O. The Labute approximate surface area is 172 Å². The number of fused-ring (bicyclic) bond motifs is 3. The molecule has 8 nitrogen and oxygen atoms in total. The first kappa shape index (κ1) is 20.0. The molecule has 0 aliphatic carbocycles. The lowest BCUT2D eigenvalue weighted by Crippen LogP contribution is -2.34. The molecule has 0 unspecified atom stereocenters. The average molecular weight is 415 g/mol. The van der Waals surface area contributed by atoms with Crippen molar-refractivity contribution >= 4 is 28.9 Å². The number of amides is 1. The molecule has 10 heteroatoms. The Kier molecular flexibility index (Phi) is 5.23. The van der Waals surface area contributed by atoms with Crippen LogP contribution in [0.25, 0.3) is 5.65 Å². The Morgan fingerprint density at radius 2 is 2.30 bits per heavy atom. The van der Waals surface area contributed by atoms with Gasteiger partial charge in [-0.05, 0) is 31.4 Å². The number of nitrogens with two attached hydrogens (primary N) is 1. The molecule has 4 heterocycles. The standard InChI is InChI=1S/C20H23F2N7O/c1-11(21)9-25-14-4-3-6-24-20(30)17-18(23)27-29-7-5-16(26-19(17)29)28-10-13(22)8-15(28)12(14)2/h5,7,9,13,15H,2-4,6,8,10H2,1H3,(H2,23,27)(H,24,30)/b11-9+,25-14?/t13-,15+/m0/s1. The van der Waals surface area contributed by atoms with Crippen molar-refractivity contribution < 1.29 is 13.6 Å². The van der Waals surface area contributed by atoms with Crippen LogP contribution in [0.15, 0.2) is 41.4 Å². The predicted molar refractivity (Wildman–Crippen MR) is 111 cm³/mol. The molecule has 158 valence electrons. The molecule has 2 bridgehead atoms. The number of nitrogens with one attached hydrogen (secondary N) is 1. The Hall–Kier alpha value is -3.30. The quantitative estimate of drug-likeness (QED) is 0.746. The summed E-state index contributed by atoms with van der Waals surface area (Å²) in [6.45, 7) is 5.93. The molecule has 2 aromatic rings. The van der Waals surface area contributed by atoms with E-state index in [4.69, 9.17) is 5.73 Å². The third kappa shape index (κ3) is 3.64. The second kappa shape index (κ2) is 7.85. The molecule has 30 heavy (non-hydrogen) atoms. The third-order valence-corrected chi connectivity index (χ3v) is 5.32. The molecule has 1 amide bonds. The van der Waals surface area contributed by atoms with Crippen LogP contribution >= 0.6 is 0 Å². The van der Waals surface area contributed by atoms with Crippen LogP contribution in [0, 0.1) is 0 Å². The van der Waals surface area contributed by atoms with E-state index in [0.29, 0.717) is 42.1 Å². The largest absolute Gasteiger partial charge is 0.381 e. The molecule has 2 atom stereocenters. The SMILES string of the molecule is C=C1C(=N/C=C(\C)F)CCCNC(=O)c2c(N)nn3ccc(nc23)N2C[C@@H](F)C[C@H]12. The van der Waals surface area contributed by atoms with Crippen LogP contribution < -0.4 is 16.0 Å². The summed E-state index contributed by atoms with van der Waals surface area (Å²) in [5, 5.41) is 6.96. The fourth-order valence-electron chi connectivity index (χ4n) is 3.90. The minimum atomic E-state index is -1.07. The number of nitrogen functional groups attached to an aromatic ring is 1. The molecule has 1 saturated heterocycles. The zero-order valence-corrected chi connectivity index (χ0v) is 16.6. The first-order valence-electron chi connectivity index (χ1n) is 9.77. The first-order chi connectivity index (χ1) is 14.3. The highest BCUT2D eigenvalue weighted by atomic mass is 19.1. The van der Waals surface area contributed by atoms with Gasteiger partial charge in [0.2, 0.25) is 0 Å². The molecule has 0 saturated carbocycles. The third-order valence-electron chi connectivity index (χ3n) is 5.32. The van der Waals surface area contributed by atoms with Gasteiger partial charge >= 0.3 is 0 Å². The number of carbonyl (C=O) groups excluding carboxylic acids is 1. The molecule has 0 aromatic carbocycles. The van der Waals surface area contributed by atoms with Crippen molar-refractivity contribution in [2.24, 2.45) is 4.99 Å². The Morgan fingerprint density at radius 1 is 1.50 bits per heavy atom. The lowest BCUT2D eigenvalue weighted by molar-refractivity contribution is 0.0955. The van der Waals surface area contributed by atoms with E-state index in [9.17, 15) is 13.6 Å². The topological polar surface area (TPSA) is 101 Å². The maximum Gasteiger partial charge on any atom is 0.258 e. The van der Waals surface area contributed by atoms with Gasteiger partial charge in [-0.2, -0.15) is 0 Å². The maximum absolute atomic E-state index is 14.4. The molecule has 2 aliphatic rings. The highest BCUT2D eigenvalue weighted by molar-refractivity contribution is 6.04. The molecule has 2 aliphatic heterocycles. The Bertz CT molecular complexity index is 1070. The number of carbonyl (C=O) groups is 1. The molecule has 3 N–H and O–H groups in total. The van der Waals surface area contributed by atoms with Crippen LogP contribution in [0.1, 0.15) is 36.5 Å². The fourth-order valence-corrected chi connectivity index (χ4v) is 3.90. The van der Waals surface area contributed by atoms with Crippen molar-refractivity contribution in [2.45, 2.75) is 38.4 Å². The lowest BCUT2D eigenvalue weighted by atomic mass is 9.97. The first-order valence-corrected chi connectivity index (χ1v) is 9.77. The number of allylic oxidation sites excluding steroid dienone is 1. The van der Waals surface area contributed by atoms with E-state index in [1.165, 1.54) is 11.4 Å². The summed E-state index contributed by atoms with van der Waals surface area (Å²) in [6.07, 6.45) is 2.93. The number of nitrogens with zero attached hydrogens (tertiary/aromatic N) is 5. The van der Waals surface area contributed by atoms with Crippen molar-refractivity contribution in [3.05, 3.63) is 42.0 Å². The maximum atomic E-state index is 14.4. The predicted octanol–water partition coefficient (Wildman–Crippen LogP) is 2.58. The zero-order chi connectivity index (χ0) is 21.4. The summed E-state index contributed by atoms with van der Waals surface area (Å²) in [6, 6.07) is 1.32. The van der Waals surface area contributed by atoms with Gasteiger partial charge in [0.15, 0.2) is 11.5 Å². The highest BCUT2D eigenvalue weighted by Crippen LogP contribution is 2.32. The number of aromatic nitrogens is 3. The number of rotatable bonds is 1. The monoisotopic (exact) mass is 415 g/mol. The van der Waals surface area contributed by atoms with Gasteiger partial charge in [-0.25, -0.2) is 18.3 Å². The van der Waals surface area contributed by atoms with Crippen LogP contribution in [0.2, 0.25) is 0 Å². The molecule has 2 aromatic heterocycles. The summed E-state index contributed by atoms with van der Waals surface area (Å²) in [4.78, 5) is 23.3. The van der Waals surface area contributed by atoms with E-state index in [1.54, 1.807) is 17.2 Å². The van der Waals surface area contributed by atoms with E-state index in [2.05, 4.69) is 27.0 Å². The van der Waals surface area contributed by atoms with Gasteiger partial charge in [-0.15, -0.1) is 5.10 Å². The van der Waals surface area contributed by atoms with Crippen molar-refractivity contribution in [1.29, 1.82) is 0 Å². The van der Waals surface area contributed by atoms with Gasteiger partial charge in [0, 0.05) is 24.9 Å². The van der Waals surface area contributed by atoms with Gasteiger partial charge in [-0.3, -0.25) is 9.79 Å². The van der Waals surface area contributed by atoms with Gasteiger partial charge in [-0.1, -0.05) is 6.58 Å². The van der Waals surface area contributed by atoms with Crippen LogP contribution in [-0.2, 0) is 0 Å². The number of halogens is 2. The molecule has 0 spiro atoms. The summed E-state index contributed by atoms with van der Waals surface area (Å²) in [5.41, 5.74) is 7.64. The number of anilines is 2. The normalized spacial score (nSPS) is 24.6. The average Bonchev–Trinajstić information content (AvgIpc) is 3.24. The molecular weight excluding hydrogens is 392 g/mol. The van der Waals surface area contributed by atoms with Crippen molar-refractivity contribution in [2.75, 3.05) is 23.7 Å². The van der Waals surface area contributed by atoms with Crippen molar-refractivity contribution in [3.8, 4) is 0 Å². The second-order valence-corrected chi connectivity index (χ2v) is 7.49. The van der Waals surface area contributed by atoms with E-state index < -0.39 is 12.0 Å². The number of hydrogen-bond acceptors (Lipinski definition) is 6. The Balaban J connectivity index is 1.83. The second-order valence-electron chi connectivity index (χ2n) is 7.49. The van der Waals surface area contributed by atoms with Gasteiger partial charge < -0.3 is 16.0 Å². The number of hydrogen-bond donors (Lipinski definition) is 2. The van der Waals surface area contributed by atoms with E-state index in [-0.39, 0.29) is 36.3 Å². The van der Waals surface area contributed by atoms with E-state index >= 15 is 0 Å². The highest BCUT2D eigenvalue weighted by Gasteiger charge is 2.36. The fraction of sp³-hybridized carbons (Fsp3) is 0.400. The zero-order valence-electron chi connectivity index (χ0n) is 16.6.